The Morgan fingerprint density at radius 2 is 0.444 bits per heavy atom. The highest BCUT2D eigenvalue weighted by Gasteiger charge is 2.43. The van der Waals surface area contributed by atoms with Gasteiger partial charge in [0.1, 0.15) is 46.0 Å². The van der Waals surface area contributed by atoms with Crippen LogP contribution >= 0.6 is 15.9 Å². The quantitative estimate of drug-likeness (QED) is 0.113. The predicted octanol–water partition coefficient (Wildman–Crippen LogP) is 10.5. The Balaban J connectivity index is 0.00000203. The minimum Gasteiger partial charge on any atom is -0.511 e. The van der Waals surface area contributed by atoms with Gasteiger partial charge in [0.2, 0.25) is 0 Å². The maximum absolute atomic E-state index is 6.98. The van der Waals surface area contributed by atoms with Crippen LogP contribution in [0, 0.1) is 27.7 Å². The number of hydrogen-bond acceptors (Lipinski definition) is 8. The molecule has 4 aromatic carbocycles. The zero-order valence-electron chi connectivity index (χ0n) is 33.8. The van der Waals surface area contributed by atoms with Crippen molar-refractivity contribution in [3.05, 3.63) is 91.0 Å². The molecule has 1 aliphatic carbocycles. The number of halogens is 1. The lowest BCUT2D eigenvalue weighted by Crippen LogP contribution is -2.46. The highest BCUT2D eigenvalue weighted by Crippen LogP contribution is 2.51. The van der Waals surface area contributed by atoms with Crippen LogP contribution in [0.5, 0.6) is 46.0 Å². The molecule has 286 valence electrons. The molecule has 0 amide bonds. The smallest absolute Gasteiger partial charge is 0.454 e. The second-order valence-electron chi connectivity index (χ2n) is 17.0. The molecule has 0 unspecified atom stereocenters. The second kappa shape index (κ2) is 12.6. The Hall–Kier alpha value is -3.37. The summed E-state index contributed by atoms with van der Waals surface area (Å²) in [5, 5.41) is 0. The molecule has 0 N–H and O–H groups in total. The van der Waals surface area contributed by atoms with Crippen LogP contribution in [-0.4, -0.2) is 40.1 Å². The molecular weight excluding hydrogens is 813 g/mol. The zero-order valence-corrected chi connectivity index (χ0v) is 39.4. The fraction of sp³-hybridized carbons (Fsp3) is 0.415. The molecule has 4 heterocycles. The van der Waals surface area contributed by atoms with Gasteiger partial charge in [-0.1, -0.05) is 15.9 Å². The van der Waals surface area contributed by atoms with Gasteiger partial charge in [0.25, 0.3) is 0 Å². The van der Waals surface area contributed by atoms with Crippen molar-refractivity contribution in [2.45, 2.75) is 106 Å². The monoisotopic (exact) mass is 862 g/mol. The lowest BCUT2D eigenvalue weighted by Gasteiger charge is -2.38. The van der Waals surface area contributed by atoms with E-state index in [-0.39, 0.29) is 0 Å². The Kier molecular flexibility index (Phi) is 8.74. The molecule has 54 heavy (non-hydrogen) atoms. The van der Waals surface area contributed by atoms with Crippen molar-refractivity contribution in [1.29, 1.82) is 0 Å². The van der Waals surface area contributed by atoms with Crippen molar-refractivity contribution in [3.63, 3.8) is 0 Å². The molecule has 0 fully saturated rings. The van der Waals surface area contributed by atoms with E-state index in [1.54, 1.807) is 0 Å². The number of alkyl halides is 1. The third-order valence-corrected chi connectivity index (χ3v) is 16.3. The number of benzene rings is 4. The molecule has 0 aromatic heterocycles. The first-order valence-corrected chi connectivity index (χ1v) is 31.6. The van der Waals surface area contributed by atoms with E-state index in [1.807, 2.05) is 5.83 Å². The topological polar surface area (TPSA) is 73.8 Å². The normalized spacial score (nSPS) is 19.3. The van der Waals surface area contributed by atoms with E-state index in [9.17, 15) is 0 Å². The van der Waals surface area contributed by atoms with Crippen LogP contribution in [0.1, 0.15) is 66.8 Å². The van der Waals surface area contributed by atoms with Crippen LogP contribution in [0.15, 0.2) is 24.3 Å². The van der Waals surface area contributed by atoms with Gasteiger partial charge in [-0.15, -0.1) is 0 Å². The van der Waals surface area contributed by atoms with Crippen LogP contribution in [0.4, 0.5) is 0 Å². The number of rotatable bonds is 0. The summed E-state index contributed by atoms with van der Waals surface area (Å²) in [5.41, 5.74) is 13.1. The maximum atomic E-state index is 6.98. The first-order chi connectivity index (χ1) is 25.3. The van der Waals surface area contributed by atoms with Crippen LogP contribution in [0.3, 0.4) is 0 Å². The molecule has 13 heteroatoms. The molecule has 0 spiro atoms. The fourth-order valence-corrected chi connectivity index (χ4v) is 15.1. The molecule has 8 nitrogen and oxygen atoms in total. The summed E-state index contributed by atoms with van der Waals surface area (Å²) < 4.78 is 55.8. The Bertz CT molecular complexity index is 1840. The summed E-state index contributed by atoms with van der Waals surface area (Å²) in [5.74, 6) is 8.73. The van der Waals surface area contributed by atoms with Crippen LogP contribution in [-0.2, 0) is 25.7 Å². The largest absolute Gasteiger partial charge is 0.511 e. The van der Waals surface area contributed by atoms with E-state index in [4.69, 9.17) is 35.4 Å². The van der Waals surface area contributed by atoms with Gasteiger partial charge in [-0.2, -0.15) is 0 Å². The molecule has 4 aromatic rings. The van der Waals surface area contributed by atoms with E-state index in [0.717, 1.165) is 113 Å². The molecule has 4 aliphatic heterocycles. The highest BCUT2D eigenvalue weighted by molar-refractivity contribution is 9.08. The van der Waals surface area contributed by atoms with Crippen molar-refractivity contribution in [2.75, 3.05) is 5.83 Å². The average Bonchev–Trinajstić information content (AvgIpc) is 3.06. The van der Waals surface area contributed by atoms with Gasteiger partial charge < -0.3 is 35.4 Å². The summed E-state index contributed by atoms with van der Waals surface area (Å²) >= 11 is 2.94. The van der Waals surface area contributed by atoms with Gasteiger partial charge in [-0.05, 0) is 102 Å². The van der Waals surface area contributed by atoms with Gasteiger partial charge in [0, 0.05) is 100 Å². The van der Waals surface area contributed by atoms with Crippen molar-refractivity contribution >= 4 is 50.2 Å². The van der Waals surface area contributed by atoms with E-state index in [0.29, 0.717) is 25.7 Å². The third kappa shape index (κ3) is 6.27. The molecule has 9 rings (SSSR count). The van der Waals surface area contributed by atoms with Crippen molar-refractivity contribution in [1.82, 2.24) is 0 Å². The van der Waals surface area contributed by atoms with Gasteiger partial charge in [0.15, 0.2) is 0 Å². The molecule has 8 bridgehead atoms. The standard InChI is InChI=1S/C40H48O8Si4.CH3Br/c1-21-33-25-13-26-18-28-15-30-20-32-16-31-19-29-14-27(17-25)35(43-49(5,6)41-33)22(2)37(29)45-51(9,10)47-39(31)24(4)40(32)48-52(11,12)46-38(30)23(3)36(28)44-50(7,8)42-34(21)26;1-2/h13-16H,17-20H2,1-12H3;1H3. The highest BCUT2D eigenvalue weighted by atomic mass is 79.9. The lowest BCUT2D eigenvalue weighted by molar-refractivity contribution is 0.363. The zero-order chi connectivity index (χ0) is 38.9. The van der Waals surface area contributed by atoms with Gasteiger partial charge in [-0.3, -0.25) is 0 Å². The van der Waals surface area contributed by atoms with E-state index < -0.39 is 34.2 Å². The summed E-state index contributed by atoms with van der Waals surface area (Å²) in [6.45, 7) is 25.4. The first-order valence-electron chi connectivity index (χ1n) is 18.8. The van der Waals surface area contributed by atoms with Crippen molar-refractivity contribution in [2.24, 2.45) is 0 Å². The minimum absolute atomic E-state index is 0.652. The minimum atomic E-state index is -2.77. The first kappa shape index (κ1) is 37.5. The fourth-order valence-electron chi connectivity index (χ4n) is 8.76. The Morgan fingerprint density at radius 3 is 0.574 bits per heavy atom. The van der Waals surface area contributed by atoms with E-state index in [1.165, 1.54) is 0 Å². The van der Waals surface area contributed by atoms with Gasteiger partial charge >= 0.3 is 34.2 Å². The summed E-state index contributed by atoms with van der Waals surface area (Å²) in [7, 11) is -11.1. The SMILES string of the molecule is CBr.Cc1c2c3cc4c1O[Si](C)(C)Oc1c(cc5c(c1C)O[Si](C)(C)Oc1c(cc6c(c1C)O[Si](C)(C)Oc1c(cc(c(c1C)O[Si](C)(C)O2)C3)C6)C5)C4. The molecule has 0 atom stereocenters. The summed E-state index contributed by atoms with van der Waals surface area (Å²) in [6.07, 6.45) is 2.61. The molecule has 0 saturated carbocycles. The van der Waals surface area contributed by atoms with E-state index >= 15 is 0 Å². The van der Waals surface area contributed by atoms with Gasteiger partial charge in [0.05, 0.1) is 0 Å². The average molecular weight is 864 g/mol. The second-order valence-corrected chi connectivity index (χ2v) is 29.9. The number of hydrogen-bond donors (Lipinski definition) is 0. The predicted molar refractivity (Wildman–Crippen MR) is 226 cm³/mol. The molecular formula is C41H51BrO8Si4. The van der Waals surface area contributed by atoms with Crippen molar-refractivity contribution in [3.8, 4) is 46.0 Å². The third-order valence-electron chi connectivity index (χ3n) is 10.8. The van der Waals surface area contributed by atoms with Crippen LogP contribution < -0.4 is 35.4 Å². The van der Waals surface area contributed by atoms with Crippen molar-refractivity contribution < 1.29 is 35.4 Å². The van der Waals surface area contributed by atoms with Gasteiger partial charge in [-0.25, -0.2) is 0 Å². The maximum Gasteiger partial charge on any atom is 0.454 e. The Labute approximate surface area is 332 Å². The summed E-state index contributed by atoms with van der Waals surface area (Å²) in [6, 6.07) is 9.29. The van der Waals surface area contributed by atoms with E-state index in [2.05, 4.69) is 120 Å². The Morgan fingerprint density at radius 1 is 0.315 bits per heavy atom. The van der Waals surface area contributed by atoms with Crippen LogP contribution in [0.25, 0.3) is 0 Å². The van der Waals surface area contributed by atoms with Crippen LogP contribution in [0.2, 0.25) is 52.4 Å². The molecule has 5 aliphatic rings. The molecule has 0 saturated heterocycles. The lowest BCUT2D eigenvalue weighted by atomic mass is 9.88. The summed E-state index contributed by atoms with van der Waals surface area (Å²) in [4.78, 5) is 0. The molecule has 0 radical (unpaired) electrons.